The van der Waals surface area contributed by atoms with Gasteiger partial charge in [0, 0.05) is 13.6 Å². The number of hydrogen-bond acceptors (Lipinski definition) is 5. The van der Waals surface area contributed by atoms with Gasteiger partial charge in [0.05, 0.1) is 5.69 Å². The average Bonchev–Trinajstić information content (AvgIpc) is 2.96. The highest BCUT2D eigenvalue weighted by Crippen LogP contribution is 2.38. The van der Waals surface area contributed by atoms with E-state index in [0.29, 0.717) is 22.0 Å². The van der Waals surface area contributed by atoms with Crippen LogP contribution in [0.25, 0.3) is 0 Å². The van der Waals surface area contributed by atoms with Crippen LogP contribution in [0.1, 0.15) is 36.1 Å². The summed E-state index contributed by atoms with van der Waals surface area (Å²) in [6.07, 6.45) is 5.13. The Morgan fingerprint density at radius 1 is 1.33 bits per heavy atom. The van der Waals surface area contributed by atoms with Crippen molar-refractivity contribution in [2.45, 2.75) is 25.7 Å². The lowest BCUT2D eigenvalue weighted by atomic mass is 10.1. The molecule has 2 N–H and O–H groups in total. The molecular formula is C13H16N4S. The van der Waals surface area contributed by atoms with Gasteiger partial charge in [-0.05, 0) is 18.8 Å². The Labute approximate surface area is 111 Å². The van der Waals surface area contributed by atoms with Crippen LogP contribution < -0.4 is 10.6 Å². The fraction of sp³-hybridized carbons (Fsp3) is 0.538. The molecule has 1 aromatic rings. The van der Waals surface area contributed by atoms with E-state index < -0.39 is 0 Å². The monoisotopic (exact) mass is 260 g/mol. The summed E-state index contributed by atoms with van der Waals surface area (Å²) in [4.78, 5) is 2.52. The van der Waals surface area contributed by atoms with Crippen LogP contribution in [0.3, 0.4) is 0 Å². The van der Waals surface area contributed by atoms with Gasteiger partial charge in [-0.15, -0.1) is 11.3 Å². The maximum Gasteiger partial charge on any atom is 0.131 e. The number of nitrogen functional groups attached to an aromatic ring is 1. The van der Waals surface area contributed by atoms with Crippen molar-refractivity contribution in [1.82, 2.24) is 0 Å². The molecule has 0 bridgehead atoms. The lowest BCUT2D eigenvalue weighted by Gasteiger charge is -2.21. The SMILES string of the molecule is CN(CC1CCCC1)c1sc(C#N)c(N)c1C#N. The Kier molecular flexibility index (Phi) is 3.74. The van der Waals surface area contributed by atoms with Gasteiger partial charge in [-0.2, -0.15) is 10.5 Å². The lowest BCUT2D eigenvalue weighted by molar-refractivity contribution is 0.548. The third-order valence-electron chi connectivity index (χ3n) is 3.49. The van der Waals surface area contributed by atoms with Gasteiger partial charge in [0.15, 0.2) is 0 Å². The average molecular weight is 260 g/mol. The van der Waals surface area contributed by atoms with Crippen molar-refractivity contribution in [3.63, 3.8) is 0 Å². The molecular weight excluding hydrogens is 244 g/mol. The summed E-state index contributed by atoms with van der Waals surface area (Å²) in [6.45, 7) is 0.944. The number of hydrogen-bond donors (Lipinski definition) is 1. The van der Waals surface area contributed by atoms with Crippen LogP contribution in [-0.4, -0.2) is 13.6 Å². The Hall–Kier alpha value is -1.72. The van der Waals surface area contributed by atoms with Crippen molar-refractivity contribution in [3.05, 3.63) is 10.4 Å². The minimum atomic E-state index is 0.332. The van der Waals surface area contributed by atoms with E-state index in [2.05, 4.69) is 17.0 Å². The molecule has 0 aromatic carbocycles. The van der Waals surface area contributed by atoms with Crippen LogP contribution in [0.2, 0.25) is 0 Å². The van der Waals surface area contributed by atoms with Gasteiger partial charge in [0.1, 0.15) is 27.6 Å². The highest BCUT2D eigenvalue weighted by molar-refractivity contribution is 7.17. The highest BCUT2D eigenvalue weighted by atomic mass is 32.1. The summed E-state index contributed by atoms with van der Waals surface area (Å²) in [5.74, 6) is 0.704. The predicted octanol–water partition coefficient (Wildman–Crippen LogP) is 2.70. The lowest BCUT2D eigenvalue weighted by Crippen LogP contribution is -2.23. The highest BCUT2D eigenvalue weighted by Gasteiger charge is 2.22. The number of nitrogens with zero attached hydrogens (tertiary/aromatic N) is 3. The third-order valence-corrected chi connectivity index (χ3v) is 4.72. The van der Waals surface area contributed by atoms with Gasteiger partial charge < -0.3 is 10.6 Å². The maximum absolute atomic E-state index is 9.16. The topological polar surface area (TPSA) is 76.8 Å². The normalized spacial score (nSPS) is 15.3. The smallest absolute Gasteiger partial charge is 0.131 e. The molecule has 0 amide bonds. The van der Waals surface area contributed by atoms with Gasteiger partial charge in [0.2, 0.25) is 0 Å². The molecule has 1 heterocycles. The number of thiophene rings is 1. The molecule has 0 aliphatic heterocycles. The minimum Gasteiger partial charge on any atom is -0.396 e. The summed E-state index contributed by atoms with van der Waals surface area (Å²) in [5.41, 5.74) is 6.60. The van der Waals surface area contributed by atoms with Crippen molar-refractivity contribution in [1.29, 1.82) is 10.5 Å². The molecule has 1 aliphatic rings. The number of anilines is 2. The van der Waals surface area contributed by atoms with Crippen LogP contribution in [-0.2, 0) is 0 Å². The number of nitriles is 2. The van der Waals surface area contributed by atoms with Crippen molar-refractivity contribution in [2.75, 3.05) is 24.2 Å². The van der Waals surface area contributed by atoms with Crippen molar-refractivity contribution in [2.24, 2.45) is 5.92 Å². The van der Waals surface area contributed by atoms with Crippen molar-refractivity contribution < 1.29 is 0 Å². The standard InChI is InChI=1S/C13H16N4S/c1-17(8-9-4-2-3-5-9)13-10(6-14)12(16)11(7-15)18-13/h9H,2-5,8,16H2,1H3. The summed E-state index contributed by atoms with van der Waals surface area (Å²) in [6, 6.07) is 4.17. The van der Waals surface area contributed by atoms with Gasteiger partial charge >= 0.3 is 0 Å². The number of rotatable bonds is 3. The first-order chi connectivity index (χ1) is 8.67. The summed E-state index contributed by atoms with van der Waals surface area (Å²) < 4.78 is 0. The van der Waals surface area contributed by atoms with E-state index in [9.17, 15) is 0 Å². The van der Waals surface area contributed by atoms with Crippen LogP contribution >= 0.6 is 11.3 Å². The molecule has 18 heavy (non-hydrogen) atoms. The van der Waals surface area contributed by atoms with Crippen molar-refractivity contribution in [3.8, 4) is 12.1 Å². The molecule has 1 aromatic heterocycles. The van der Waals surface area contributed by atoms with Crippen LogP contribution in [0, 0.1) is 28.6 Å². The molecule has 4 nitrogen and oxygen atoms in total. The van der Waals surface area contributed by atoms with Gasteiger partial charge in [-0.3, -0.25) is 0 Å². The number of nitrogens with two attached hydrogens (primary N) is 1. The second-order valence-corrected chi connectivity index (χ2v) is 5.78. The Bertz CT molecular complexity index is 514. The Morgan fingerprint density at radius 2 is 2.00 bits per heavy atom. The molecule has 1 saturated carbocycles. The molecule has 94 valence electrons. The zero-order valence-electron chi connectivity index (χ0n) is 10.4. The van der Waals surface area contributed by atoms with E-state index in [1.807, 2.05) is 7.05 Å². The summed E-state index contributed by atoms with van der Waals surface area (Å²) in [5, 5.41) is 19.0. The van der Waals surface area contributed by atoms with Gasteiger partial charge in [-0.25, -0.2) is 0 Å². The molecule has 0 saturated heterocycles. The van der Waals surface area contributed by atoms with Gasteiger partial charge in [0.25, 0.3) is 0 Å². The molecule has 0 spiro atoms. The second kappa shape index (κ2) is 5.29. The summed E-state index contributed by atoms with van der Waals surface area (Å²) >= 11 is 1.32. The summed E-state index contributed by atoms with van der Waals surface area (Å²) in [7, 11) is 1.98. The van der Waals surface area contributed by atoms with E-state index in [1.165, 1.54) is 37.0 Å². The van der Waals surface area contributed by atoms with E-state index in [1.54, 1.807) is 0 Å². The van der Waals surface area contributed by atoms with Crippen LogP contribution in [0.5, 0.6) is 0 Å². The Morgan fingerprint density at radius 3 is 2.56 bits per heavy atom. The van der Waals surface area contributed by atoms with E-state index in [0.717, 1.165) is 11.5 Å². The van der Waals surface area contributed by atoms with Crippen molar-refractivity contribution >= 4 is 22.0 Å². The predicted molar refractivity (Wildman–Crippen MR) is 73.4 cm³/mol. The molecule has 2 rings (SSSR count). The molecule has 0 radical (unpaired) electrons. The van der Waals surface area contributed by atoms with Crippen LogP contribution in [0.4, 0.5) is 10.7 Å². The van der Waals surface area contributed by atoms with Crippen LogP contribution in [0.15, 0.2) is 0 Å². The minimum absolute atomic E-state index is 0.332. The zero-order chi connectivity index (χ0) is 13.1. The largest absolute Gasteiger partial charge is 0.396 e. The first-order valence-electron chi connectivity index (χ1n) is 6.11. The third kappa shape index (κ3) is 2.27. The van der Waals surface area contributed by atoms with E-state index >= 15 is 0 Å². The Balaban J connectivity index is 2.22. The zero-order valence-corrected chi connectivity index (χ0v) is 11.3. The molecule has 0 atom stereocenters. The molecule has 5 heteroatoms. The fourth-order valence-corrected chi connectivity index (χ4v) is 3.49. The maximum atomic E-state index is 9.16. The molecule has 0 unspecified atom stereocenters. The first-order valence-corrected chi connectivity index (χ1v) is 6.92. The fourth-order valence-electron chi connectivity index (χ4n) is 2.55. The molecule has 1 aliphatic carbocycles. The quantitative estimate of drug-likeness (QED) is 0.906. The van der Waals surface area contributed by atoms with Gasteiger partial charge in [-0.1, -0.05) is 12.8 Å². The second-order valence-electron chi connectivity index (χ2n) is 4.78. The van der Waals surface area contributed by atoms with E-state index in [-0.39, 0.29) is 0 Å². The molecule has 1 fully saturated rings. The van der Waals surface area contributed by atoms with E-state index in [4.69, 9.17) is 16.3 Å². The first kappa shape index (κ1) is 12.7.